The third kappa shape index (κ3) is 4.72. The van der Waals surface area contributed by atoms with Gasteiger partial charge in [-0.05, 0) is 88.6 Å². The Bertz CT molecular complexity index is 1460. The van der Waals surface area contributed by atoms with Gasteiger partial charge in [0.25, 0.3) is 0 Å². The summed E-state index contributed by atoms with van der Waals surface area (Å²) in [6, 6.07) is 6.02. The zero-order valence-electron chi connectivity index (χ0n) is 22.1. The van der Waals surface area contributed by atoms with Gasteiger partial charge in [-0.25, -0.2) is 14.6 Å². The van der Waals surface area contributed by atoms with Gasteiger partial charge in [0.15, 0.2) is 0 Å². The molecule has 1 aromatic carbocycles. The van der Waals surface area contributed by atoms with Crippen LogP contribution in [-0.4, -0.2) is 40.9 Å². The SMILES string of the molecule is CCOC(=O)c1cn(C2CC2)c2c3c(ccc2c1=O)-c1cnc(N(C)C(=O)OC(C)(C)C)cc1CCC3. The number of pyridine rings is 2. The Morgan fingerprint density at radius 2 is 1.92 bits per heavy atom. The lowest BCUT2D eigenvalue weighted by Gasteiger charge is -2.24. The van der Waals surface area contributed by atoms with Gasteiger partial charge in [-0.2, -0.15) is 0 Å². The molecule has 0 spiro atoms. The second-order valence-electron chi connectivity index (χ2n) is 10.8. The fourth-order valence-corrected chi connectivity index (χ4v) is 5.02. The Labute approximate surface area is 216 Å². The van der Waals surface area contributed by atoms with Crippen molar-refractivity contribution >= 4 is 28.8 Å². The number of hydrogen-bond acceptors (Lipinski definition) is 6. The average Bonchev–Trinajstić information content (AvgIpc) is 3.69. The number of rotatable bonds is 4. The smallest absolute Gasteiger partial charge is 0.415 e. The highest BCUT2D eigenvalue weighted by atomic mass is 16.6. The first-order chi connectivity index (χ1) is 17.6. The topological polar surface area (TPSA) is 90.7 Å². The van der Waals surface area contributed by atoms with Crippen LogP contribution in [0.5, 0.6) is 0 Å². The minimum absolute atomic E-state index is 0.0895. The number of anilines is 1. The number of hydrogen-bond donors (Lipinski definition) is 0. The van der Waals surface area contributed by atoms with Crippen LogP contribution in [-0.2, 0) is 22.3 Å². The summed E-state index contributed by atoms with van der Waals surface area (Å²) in [5, 5.41) is 0.550. The summed E-state index contributed by atoms with van der Waals surface area (Å²) in [5.74, 6) is -0.0406. The summed E-state index contributed by atoms with van der Waals surface area (Å²) >= 11 is 0. The van der Waals surface area contributed by atoms with E-state index in [9.17, 15) is 14.4 Å². The molecule has 1 fully saturated rings. The lowest BCUT2D eigenvalue weighted by atomic mass is 9.94. The van der Waals surface area contributed by atoms with Gasteiger partial charge in [-0.1, -0.05) is 6.07 Å². The lowest BCUT2D eigenvalue weighted by Crippen LogP contribution is -2.34. The summed E-state index contributed by atoms with van der Waals surface area (Å²) in [6.07, 6.45) is 7.59. The van der Waals surface area contributed by atoms with Gasteiger partial charge in [0.1, 0.15) is 17.0 Å². The molecule has 194 valence electrons. The molecule has 3 aromatic rings. The molecule has 2 heterocycles. The van der Waals surface area contributed by atoms with Crippen molar-refractivity contribution in [2.24, 2.45) is 0 Å². The quantitative estimate of drug-likeness (QED) is 0.441. The maximum Gasteiger partial charge on any atom is 0.415 e. The second-order valence-corrected chi connectivity index (χ2v) is 10.8. The van der Waals surface area contributed by atoms with E-state index in [-0.39, 0.29) is 23.6 Å². The van der Waals surface area contributed by atoms with E-state index >= 15 is 0 Å². The Morgan fingerprint density at radius 1 is 1.16 bits per heavy atom. The second kappa shape index (κ2) is 9.32. The van der Waals surface area contributed by atoms with Crippen LogP contribution >= 0.6 is 0 Å². The van der Waals surface area contributed by atoms with E-state index < -0.39 is 17.7 Å². The predicted octanol–water partition coefficient (Wildman–Crippen LogP) is 5.44. The van der Waals surface area contributed by atoms with Crippen LogP contribution in [0.1, 0.15) is 74.5 Å². The van der Waals surface area contributed by atoms with Crippen molar-refractivity contribution in [1.29, 1.82) is 0 Å². The van der Waals surface area contributed by atoms with Gasteiger partial charge in [-0.3, -0.25) is 9.69 Å². The zero-order valence-corrected chi connectivity index (χ0v) is 22.1. The molecule has 2 aliphatic rings. The predicted molar refractivity (Wildman–Crippen MR) is 142 cm³/mol. The molecule has 0 saturated heterocycles. The molecule has 8 heteroatoms. The molecule has 0 bridgehead atoms. The number of aromatic nitrogens is 2. The number of esters is 1. The Balaban J connectivity index is 1.62. The number of nitrogens with zero attached hydrogens (tertiary/aromatic N) is 3. The Kier molecular flexibility index (Phi) is 6.30. The van der Waals surface area contributed by atoms with Crippen molar-refractivity contribution in [3.63, 3.8) is 0 Å². The van der Waals surface area contributed by atoms with Gasteiger partial charge in [0, 0.05) is 36.4 Å². The van der Waals surface area contributed by atoms with Crippen LogP contribution < -0.4 is 10.3 Å². The van der Waals surface area contributed by atoms with Gasteiger partial charge in [-0.15, -0.1) is 0 Å². The van der Waals surface area contributed by atoms with E-state index in [4.69, 9.17) is 9.47 Å². The third-order valence-electron chi connectivity index (χ3n) is 6.88. The standard InChI is InChI=1S/C29H33N3O5/c1-6-36-27(34)23-16-32(18-10-11-18)25-20-9-7-8-17-14-24(31(5)28(35)37-29(2,3)4)30-15-22(17)19(20)12-13-21(25)26(23)33/h12-16,18H,6-11H2,1-5H3. The molecular weight excluding hydrogens is 470 g/mol. The third-order valence-corrected chi connectivity index (χ3v) is 6.88. The summed E-state index contributed by atoms with van der Waals surface area (Å²) in [4.78, 5) is 44.5. The van der Waals surface area contributed by atoms with Crippen LogP contribution in [0.4, 0.5) is 10.6 Å². The fraction of sp³-hybridized carbons (Fsp3) is 0.448. The fourth-order valence-electron chi connectivity index (χ4n) is 5.02. The summed E-state index contributed by atoms with van der Waals surface area (Å²) < 4.78 is 12.8. The van der Waals surface area contributed by atoms with Crippen molar-refractivity contribution < 1.29 is 19.1 Å². The molecular formula is C29H33N3O5. The summed E-state index contributed by atoms with van der Waals surface area (Å²) in [6.45, 7) is 7.46. The average molecular weight is 504 g/mol. The minimum Gasteiger partial charge on any atom is -0.462 e. The molecule has 8 nitrogen and oxygen atoms in total. The van der Waals surface area contributed by atoms with Crippen molar-refractivity contribution in [3.05, 3.63) is 57.5 Å². The maximum absolute atomic E-state index is 13.4. The highest BCUT2D eigenvalue weighted by Crippen LogP contribution is 2.41. The van der Waals surface area contributed by atoms with Gasteiger partial charge in [0.05, 0.1) is 12.1 Å². The van der Waals surface area contributed by atoms with E-state index in [1.54, 1.807) is 20.2 Å². The first-order valence-corrected chi connectivity index (χ1v) is 12.9. The Morgan fingerprint density at radius 3 is 2.59 bits per heavy atom. The van der Waals surface area contributed by atoms with E-state index in [1.165, 1.54) is 4.90 Å². The van der Waals surface area contributed by atoms with Crippen LogP contribution in [0, 0.1) is 0 Å². The number of fused-ring (bicyclic) bond motifs is 5. The van der Waals surface area contributed by atoms with Crippen LogP contribution in [0.3, 0.4) is 0 Å². The maximum atomic E-state index is 13.4. The van der Waals surface area contributed by atoms with Crippen LogP contribution in [0.2, 0.25) is 0 Å². The largest absolute Gasteiger partial charge is 0.462 e. The molecule has 0 radical (unpaired) electrons. The van der Waals surface area contributed by atoms with Crippen molar-refractivity contribution in [2.75, 3.05) is 18.6 Å². The molecule has 2 aromatic heterocycles. The number of ether oxygens (including phenoxy) is 2. The number of amides is 1. The number of aryl methyl sites for hydroxylation is 2. The minimum atomic E-state index is -0.596. The van der Waals surface area contributed by atoms with Crippen molar-refractivity contribution in [1.82, 2.24) is 9.55 Å². The molecule has 0 aliphatic heterocycles. The van der Waals surface area contributed by atoms with E-state index in [1.807, 2.05) is 45.2 Å². The molecule has 2 aliphatic carbocycles. The number of benzene rings is 1. The van der Waals surface area contributed by atoms with E-state index in [0.717, 1.165) is 59.9 Å². The van der Waals surface area contributed by atoms with Crippen LogP contribution in [0.25, 0.3) is 22.0 Å². The van der Waals surface area contributed by atoms with Gasteiger partial charge < -0.3 is 14.0 Å². The van der Waals surface area contributed by atoms with Gasteiger partial charge >= 0.3 is 12.1 Å². The first-order valence-electron chi connectivity index (χ1n) is 12.9. The van der Waals surface area contributed by atoms with E-state index in [0.29, 0.717) is 11.2 Å². The zero-order chi connectivity index (χ0) is 26.5. The van der Waals surface area contributed by atoms with Gasteiger partial charge in [0.2, 0.25) is 5.43 Å². The van der Waals surface area contributed by atoms with Crippen molar-refractivity contribution in [3.8, 4) is 11.1 Å². The number of carbonyl (C=O) groups is 2. The molecule has 0 N–H and O–H groups in total. The molecule has 0 unspecified atom stereocenters. The molecule has 1 amide bonds. The summed E-state index contributed by atoms with van der Waals surface area (Å²) in [7, 11) is 1.66. The monoisotopic (exact) mass is 503 g/mol. The van der Waals surface area contributed by atoms with E-state index in [2.05, 4.69) is 9.55 Å². The lowest BCUT2D eigenvalue weighted by molar-refractivity contribution is 0.0522. The highest BCUT2D eigenvalue weighted by Gasteiger charge is 2.30. The van der Waals surface area contributed by atoms with Crippen molar-refractivity contribution in [2.45, 2.75) is 71.4 Å². The molecule has 1 saturated carbocycles. The number of carbonyl (C=O) groups excluding carboxylic acids is 2. The first kappa shape index (κ1) is 25.0. The molecule has 0 atom stereocenters. The highest BCUT2D eigenvalue weighted by molar-refractivity contribution is 5.97. The summed E-state index contributed by atoms with van der Waals surface area (Å²) in [5.41, 5.74) is 4.35. The normalized spacial score (nSPS) is 14.9. The Hall–Kier alpha value is -3.68. The molecule has 37 heavy (non-hydrogen) atoms. The molecule has 5 rings (SSSR count). The van der Waals surface area contributed by atoms with Crippen LogP contribution in [0.15, 0.2) is 35.4 Å².